The molecule has 7 nitrogen and oxygen atoms in total. The summed E-state index contributed by atoms with van der Waals surface area (Å²) in [6.07, 6.45) is 3.09. The summed E-state index contributed by atoms with van der Waals surface area (Å²) in [5.74, 6) is 1.03. The molecule has 1 aromatic heterocycles. The molecular weight excluding hydrogens is 334 g/mol. The van der Waals surface area contributed by atoms with Crippen LogP contribution in [0.4, 0.5) is 6.01 Å². The minimum Gasteiger partial charge on any atom is -0.497 e. The van der Waals surface area contributed by atoms with Gasteiger partial charge in [-0.05, 0) is 23.8 Å². The number of ether oxygens (including phenoxy) is 2. The van der Waals surface area contributed by atoms with Gasteiger partial charge in [-0.15, -0.1) is 5.10 Å². The molecule has 3 rings (SSSR count). The highest BCUT2D eigenvalue weighted by Crippen LogP contribution is 2.32. The number of anilines is 1. The lowest BCUT2D eigenvalue weighted by Crippen LogP contribution is -2.07. The van der Waals surface area contributed by atoms with Gasteiger partial charge in [0.2, 0.25) is 0 Å². The van der Waals surface area contributed by atoms with Gasteiger partial charge in [0.25, 0.3) is 11.8 Å². The van der Waals surface area contributed by atoms with Crippen LogP contribution in [-0.2, 0) is 4.79 Å². The second-order valence-electron chi connectivity index (χ2n) is 5.21. The fourth-order valence-corrected chi connectivity index (χ4v) is 2.24. The molecule has 0 saturated heterocycles. The van der Waals surface area contributed by atoms with Gasteiger partial charge >= 0.3 is 6.01 Å². The molecule has 1 amide bonds. The highest BCUT2D eigenvalue weighted by molar-refractivity contribution is 6.00. The smallest absolute Gasteiger partial charge is 0.322 e. The van der Waals surface area contributed by atoms with E-state index in [2.05, 4.69) is 15.5 Å². The van der Waals surface area contributed by atoms with Gasteiger partial charge in [-0.1, -0.05) is 35.4 Å². The molecule has 132 valence electrons. The van der Waals surface area contributed by atoms with E-state index in [9.17, 15) is 4.79 Å². The predicted octanol–water partition coefficient (Wildman–Crippen LogP) is 3.41. The van der Waals surface area contributed by atoms with Gasteiger partial charge in [0.15, 0.2) is 0 Å². The summed E-state index contributed by atoms with van der Waals surface area (Å²) in [5.41, 5.74) is 1.51. The standard InChI is InChI=1S/C19H17N3O4/c1-24-14-9-10-15(16(12-14)25-2)18-21-22-19(26-18)20-17(23)11-8-13-6-4-3-5-7-13/h3-12H,1-2H3,(H,20,22,23)/b11-8+. The van der Waals surface area contributed by atoms with Crippen molar-refractivity contribution >= 4 is 18.0 Å². The number of carbonyl (C=O) groups is 1. The van der Waals surface area contributed by atoms with Crippen LogP contribution in [0.2, 0.25) is 0 Å². The van der Waals surface area contributed by atoms with Crippen LogP contribution >= 0.6 is 0 Å². The lowest BCUT2D eigenvalue weighted by atomic mass is 10.2. The lowest BCUT2D eigenvalue weighted by Gasteiger charge is -2.07. The van der Waals surface area contributed by atoms with E-state index in [1.54, 1.807) is 31.4 Å². The number of hydrogen-bond donors (Lipinski definition) is 1. The topological polar surface area (TPSA) is 86.5 Å². The molecule has 7 heteroatoms. The first kappa shape index (κ1) is 17.2. The van der Waals surface area contributed by atoms with E-state index in [0.717, 1.165) is 5.56 Å². The average Bonchev–Trinajstić information content (AvgIpc) is 3.14. The summed E-state index contributed by atoms with van der Waals surface area (Å²) in [6, 6.07) is 14.7. The second kappa shape index (κ2) is 7.98. The highest BCUT2D eigenvalue weighted by atomic mass is 16.5. The number of hydrogen-bond acceptors (Lipinski definition) is 6. The van der Waals surface area contributed by atoms with Crippen LogP contribution in [0.1, 0.15) is 5.56 Å². The average molecular weight is 351 g/mol. The molecular formula is C19H17N3O4. The normalized spacial score (nSPS) is 10.7. The minimum atomic E-state index is -0.370. The van der Waals surface area contributed by atoms with Crippen LogP contribution < -0.4 is 14.8 Å². The first-order valence-corrected chi connectivity index (χ1v) is 7.79. The molecule has 3 aromatic rings. The van der Waals surface area contributed by atoms with E-state index >= 15 is 0 Å². The van der Waals surface area contributed by atoms with E-state index < -0.39 is 0 Å². The number of methoxy groups -OCH3 is 2. The molecule has 1 N–H and O–H groups in total. The molecule has 0 aliphatic rings. The number of nitrogens with one attached hydrogen (secondary N) is 1. The van der Waals surface area contributed by atoms with Crippen LogP contribution in [0, 0.1) is 0 Å². The number of amides is 1. The Bertz CT molecular complexity index is 920. The summed E-state index contributed by atoms with van der Waals surface area (Å²) < 4.78 is 16.0. The van der Waals surface area contributed by atoms with E-state index in [-0.39, 0.29) is 17.8 Å². The summed E-state index contributed by atoms with van der Waals surface area (Å²) in [5, 5.41) is 10.3. The zero-order chi connectivity index (χ0) is 18.4. The molecule has 0 aliphatic heterocycles. The molecule has 0 aliphatic carbocycles. The quantitative estimate of drug-likeness (QED) is 0.685. The van der Waals surface area contributed by atoms with Crippen molar-refractivity contribution in [3.63, 3.8) is 0 Å². The van der Waals surface area contributed by atoms with Crippen LogP contribution in [-0.4, -0.2) is 30.3 Å². The molecule has 26 heavy (non-hydrogen) atoms. The zero-order valence-electron chi connectivity index (χ0n) is 14.3. The lowest BCUT2D eigenvalue weighted by molar-refractivity contribution is -0.112. The molecule has 1 heterocycles. The molecule has 0 bridgehead atoms. The van der Waals surface area contributed by atoms with E-state index in [1.807, 2.05) is 30.3 Å². The fourth-order valence-electron chi connectivity index (χ4n) is 2.24. The summed E-state index contributed by atoms with van der Waals surface area (Å²) in [6.45, 7) is 0. The highest BCUT2D eigenvalue weighted by Gasteiger charge is 2.15. The predicted molar refractivity (Wildman–Crippen MR) is 96.9 cm³/mol. The Labute approximate surface area is 150 Å². The van der Waals surface area contributed by atoms with Crippen molar-refractivity contribution in [3.8, 4) is 23.0 Å². The van der Waals surface area contributed by atoms with Crippen LogP contribution in [0.5, 0.6) is 11.5 Å². The Morgan fingerprint density at radius 2 is 1.88 bits per heavy atom. The molecule has 0 fully saturated rings. The second-order valence-corrected chi connectivity index (χ2v) is 5.21. The van der Waals surface area contributed by atoms with Crippen molar-refractivity contribution in [3.05, 3.63) is 60.2 Å². The first-order valence-electron chi connectivity index (χ1n) is 7.79. The molecule has 0 unspecified atom stereocenters. The minimum absolute atomic E-state index is 0.000540. The maximum absolute atomic E-state index is 12.0. The largest absolute Gasteiger partial charge is 0.497 e. The Hall–Kier alpha value is -3.61. The van der Waals surface area contributed by atoms with Crippen molar-refractivity contribution < 1.29 is 18.7 Å². The van der Waals surface area contributed by atoms with Crippen LogP contribution in [0.25, 0.3) is 17.5 Å². The van der Waals surface area contributed by atoms with Crippen molar-refractivity contribution in [1.29, 1.82) is 0 Å². The summed E-state index contributed by atoms with van der Waals surface area (Å²) in [4.78, 5) is 12.0. The third-order valence-corrected chi connectivity index (χ3v) is 3.52. The van der Waals surface area contributed by atoms with Gasteiger partial charge in [0, 0.05) is 12.1 Å². The molecule has 0 spiro atoms. The van der Waals surface area contributed by atoms with Crippen molar-refractivity contribution in [2.75, 3.05) is 19.5 Å². The Morgan fingerprint density at radius 1 is 1.08 bits per heavy atom. The van der Waals surface area contributed by atoms with Crippen LogP contribution in [0.15, 0.2) is 59.0 Å². The molecule has 0 atom stereocenters. The van der Waals surface area contributed by atoms with Gasteiger partial charge < -0.3 is 13.9 Å². The Kier molecular flexibility index (Phi) is 5.28. The Balaban J connectivity index is 1.72. The monoisotopic (exact) mass is 351 g/mol. The SMILES string of the molecule is COc1ccc(-c2nnc(NC(=O)/C=C/c3ccccc3)o2)c(OC)c1. The van der Waals surface area contributed by atoms with Crippen molar-refractivity contribution in [1.82, 2.24) is 10.2 Å². The maximum atomic E-state index is 12.0. The van der Waals surface area contributed by atoms with Gasteiger partial charge in [0.1, 0.15) is 11.5 Å². The third-order valence-electron chi connectivity index (χ3n) is 3.52. The van der Waals surface area contributed by atoms with E-state index in [1.165, 1.54) is 13.2 Å². The van der Waals surface area contributed by atoms with Crippen LogP contribution in [0.3, 0.4) is 0 Å². The molecule has 2 aromatic carbocycles. The van der Waals surface area contributed by atoms with E-state index in [4.69, 9.17) is 13.9 Å². The summed E-state index contributed by atoms with van der Waals surface area (Å²) in [7, 11) is 3.10. The van der Waals surface area contributed by atoms with Gasteiger partial charge in [-0.25, -0.2) is 0 Å². The van der Waals surface area contributed by atoms with Crippen molar-refractivity contribution in [2.24, 2.45) is 0 Å². The number of aromatic nitrogens is 2. The Morgan fingerprint density at radius 3 is 2.62 bits per heavy atom. The van der Waals surface area contributed by atoms with Crippen molar-refractivity contribution in [2.45, 2.75) is 0 Å². The van der Waals surface area contributed by atoms with Gasteiger partial charge in [0.05, 0.1) is 19.8 Å². The maximum Gasteiger partial charge on any atom is 0.322 e. The number of carbonyl (C=O) groups excluding carboxylic acids is 1. The third kappa shape index (κ3) is 4.07. The number of nitrogens with zero attached hydrogens (tertiary/aromatic N) is 2. The van der Waals surface area contributed by atoms with Gasteiger partial charge in [-0.2, -0.15) is 0 Å². The molecule has 0 radical (unpaired) electrons. The molecule has 0 saturated carbocycles. The first-order chi connectivity index (χ1) is 12.7. The fraction of sp³-hybridized carbons (Fsp3) is 0.105. The zero-order valence-corrected chi connectivity index (χ0v) is 14.3. The number of rotatable bonds is 6. The van der Waals surface area contributed by atoms with E-state index in [0.29, 0.717) is 17.1 Å². The number of benzene rings is 2. The summed E-state index contributed by atoms with van der Waals surface area (Å²) >= 11 is 0. The van der Waals surface area contributed by atoms with Gasteiger partial charge in [-0.3, -0.25) is 10.1 Å².